The molecular weight excluding hydrogens is 430 g/mol. The summed E-state index contributed by atoms with van der Waals surface area (Å²) in [6.07, 6.45) is 6.98. The molecular formula is C27H47NO4Si. The van der Waals surface area contributed by atoms with E-state index in [1.54, 1.807) is 0 Å². The fourth-order valence-electron chi connectivity index (χ4n) is 5.28. The Balaban J connectivity index is 2.26. The van der Waals surface area contributed by atoms with Crippen LogP contribution in [0.25, 0.3) is 0 Å². The van der Waals surface area contributed by atoms with Gasteiger partial charge in [0.1, 0.15) is 0 Å². The van der Waals surface area contributed by atoms with Gasteiger partial charge in [-0.3, -0.25) is 0 Å². The van der Waals surface area contributed by atoms with Gasteiger partial charge >= 0.3 is 5.97 Å². The van der Waals surface area contributed by atoms with Gasteiger partial charge in [0.25, 0.3) is 0 Å². The van der Waals surface area contributed by atoms with Crippen molar-refractivity contribution in [3.8, 4) is 6.07 Å². The number of esters is 1. The van der Waals surface area contributed by atoms with Crippen molar-refractivity contribution in [1.29, 1.82) is 5.26 Å². The summed E-state index contributed by atoms with van der Waals surface area (Å²) < 4.78 is 18.2. The highest BCUT2D eigenvalue weighted by molar-refractivity contribution is 6.74. The zero-order valence-corrected chi connectivity index (χ0v) is 23.4. The van der Waals surface area contributed by atoms with Gasteiger partial charge in [-0.05, 0) is 68.0 Å². The Labute approximate surface area is 203 Å². The van der Waals surface area contributed by atoms with Gasteiger partial charge in [0, 0.05) is 5.92 Å². The van der Waals surface area contributed by atoms with Crippen molar-refractivity contribution < 1.29 is 18.7 Å². The molecule has 0 aromatic carbocycles. The summed E-state index contributed by atoms with van der Waals surface area (Å²) in [7, 11) is -0.424. The number of carbonyl (C=O) groups is 1. The van der Waals surface area contributed by atoms with E-state index in [4.69, 9.17) is 13.9 Å². The Hall–Kier alpha value is -1.16. The Morgan fingerprint density at radius 3 is 2.42 bits per heavy atom. The first-order chi connectivity index (χ1) is 15.3. The van der Waals surface area contributed by atoms with Crippen LogP contribution in [0, 0.1) is 40.9 Å². The molecule has 2 aliphatic rings. The lowest BCUT2D eigenvalue weighted by atomic mass is 9.67. The maximum Gasteiger partial charge on any atom is 0.336 e. The molecule has 0 bridgehead atoms. The van der Waals surface area contributed by atoms with Crippen LogP contribution in [0.3, 0.4) is 0 Å². The molecule has 1 aliphatic heterocycles. The van der Waals surface area contributed by atoms with Crippen LogP contribution in [-0.2, 0) is 18.7 Å². The first-order valence-electron chi connectivity index (χ1n) is 12.8. The second kappa shape index (κ2) is 11.5. The van der Waals surface area contributed by atoms with Crippen molar-refractivity contribution in [2.75, 3.05) is 13.7 Å². The highest BCUT2D eigenvalue weighted by atomic mass is 28.4. The summed E-state index contributed by atoms with van der Waals surface area (Å²) in [5.74, 6) is 0.781. The van der Waals surface area contributed by atoms with E-state index in [-0.39, 0.29) is 46.9 Å². The lowest BCUT2D eigenvalue weighted by Crippen LogP contribution is -2.45. The van der Waals surface area contributed by atoms with Crippen molar-refractivity contribution in [2.24, 2.45) is 29.6 Å². The van der Waals surface area contributed by atoms with Crippen molar-refractivity contribution >= 4 is 14.3 Å². The quantitative estimate of drug-likeness (QED) is 0.238. The van der Waals surface area contributed by atoms with Crippen LogP contribution in [0.4, 0.5) is 0 Å². The summed E-state index contributed by atoms with van der Waals surface area (Å²) >= 11 is 0. The van der Waals surface area contributed by atoms with Gasteiger partial charge in [-0.15, -0.1) is 0 Å². The Morgan fingerprint density at radius 1 is 1.18 bits per heavy atom. The SMILES string of the molecule is COC(=O)/C(=C\[C@H]1CCC[C@@H](C)[C@@H]1[C@H](C)C#N)[C@@H]1O[C@H](CO[Si](C)(C)C(C)(C)C)CC[C@H]1C. The predicted octanol–water partition coefficient (Wildman–Crippen LogP) is 6.50. The minimum atomic E-state index is -1.87. The summed E-state index contributed by atoms with van der Waals surface area (Å²) in [6.45, 7) is 18.2. The third-order valence-corrected chi connectivity index (χ3v) is 13.0. The van der Waals surface area contributed by atoms with Crippen molar-refractivity contribution in [3.63, 3.8) is 0 Å². The fraction of sp³-hybridized carbons (Fsp3) is 0.852. The highest BCUT2D eigenvalue weighted by Crippen LogP contribution is 2.42. The predicted molar refractivity (Wildman–Crippen MR) is 135 cm³/mol. The average molecular weight is 478 g/mol. The topological polar surface area (TPSA) is 68.6 Å². The van der Waals surface area contributed by atoms with Crippen LogP contribution < -0.4 is 0 Å². The maximum absolute atomic E-state index is 13.0. The van der Waals surface area contributed by atoms with Crippen LogP contribution in [-0.4, -0.2) is 40.2 Å². The molecule has 0 spiro atoms. The number of rotatable bonds is 7. The summed E-state index contributed by atoms with van der Waals surface area (Å²) in [5.41, 5.74) is 0.635. The molecule has 0 N–H and O–H groups in total. The van der Waals surface area contributed by atoms with E-state index in [2.05, 4.69) is 59.9 Å². The van der Waals surface area contributed by atoms with Crippen molar-refractivity contribution in [1.82, 2.24) is 0 Å². The maximum atomic E-state index is 13.0. The number of hydrogen-bond donors (Lipinski definition) is 0. The molecule has 1 heterocycles. The molecule has 0 aromatic heterocycles. The van der Waals surface area contributed by atoms with E-state index >= 15 is 0 Å². The molecule has 0 unspecified atom stereocenters. The Morgan fingerprint density at radius 2 is 1.85 bits per heavy atom. The van der Waals surface area contributed by atoms with Gasteiger partial charge in [-0.1, -0.05) is 53.5 Å². The van der Waals surface area contributed by atoms with E-state index in [1.807, 2.05) is 6.92 Å². The first kappa shape index (κ1) is 28.1. The Kier molecular flexibility index (Phi) is 9.79. The molecule has 33 heavy (non-hydrogen) atoms. The van der Waals surface area contributed by atoms with Crippen LogP contribution >= 0.6 is 0 Å². The lowest BCUT2D eigenvalue weighted by molar-refractivity contribution is -0.141. The van der Waals surface area contributed by atoms with Crippen LogP contribution in [0.15, 0.2) is 11.6 Å². The van der Waals surface area contributed by atoms with Crippen molar-refractivity contribution in [2.45, 2.75) is 104 Å². The van der Waals surface area contributed by atoms with Gasteiger partial charge in [0.05, 0.1) is 37.6 Å². The standard InChI is InChI=1S/C27H47NO4Si/c1-18-11-10-12-21(24(18)20(3)16-28)15-23(26(29)30-7)25-19(2)13-14-22(32-25)17-31-33(8,9)27(4,5)6/h15,18-22,24-25H,10-14,17H2,1-9H3/b23-15-/t18-,19-,20-,21-,22+,24-,25-/m1/s1. The van der Waals surface area contributed by atoms with E-state index in [9.17, 15) is 10.1 Å². The normalized spacial score (nSPS) is 32.7. The molecule has 7 atom stereocenters. The van der Waals surface area contributed by atoms with Gasteiger partial charge < -0.3 is 13.9 Å². The summed E-state index contributed by atoms with van der Waals surface area (Å²) in [5, 5.41) is 9.77. The first-order valence-corrected chi connectivity index (χ1v) is 15.7. The molecule has 6 heteroatoms. The molecule has 2 rings (SSSR count). The fourth-order valence-corrected chi connectivity index (χ4v) is 6.32. The average Bonchev–Trinajstić information content (AvgIpc) is 2.75. The number of allylic oxidation sites excluding steroid dienone is 1. The largest absolute Gasteiger partial charge is 0.466 e. The Bertz CT molecular complexity index is 735. The molecule has 188 valence electrons. The summed E-state index contributed by atoms with van der Waals surface area (Å²) in [4.78, 5) is 13.0. The number of methoxy groups -OCH3 is 1. The van der Waals surface area contributed by atoms with Gasteiger partial charge in [0.15, 0.2) is 8.32 Å². The molecule has 1 saturated heterocycles. The second-order valence-electron chi connectivity index (χ2n) is 12.0. The molecule has 1 saturated carbocycles. The molecule has 5 nitrogen and oxygen atoms in total. The van der Waals surface area contributed by atoms with E-state index in [0.29, 0.717) is 18.1 Å². The van der Waals surface area contributed by atoms with E-state index < -0.39 is 8.32 Å². The zero-order chi connectivity index (χ0) is 25.0. The minimum Gasteiger partial charge on any atom is -0.466 e. The molecule has 0 amide bonds. The molecule has 1 aliphatic carbocycles. The van der Waals surface area contributed by atoms with Crippen LogP contribution in [0.1, 0.15) is 73.6 Å². The number of hydrogen-bond acceptors (Lipinski definition) is 5. The molecule has 0 aromatic rings. The van der Waals surface area contributed by atoms with Crippen LogP contribution in [0.2, 0.25) is 18.1 Å². The number of ether oxygens (including phenoxy) is 2. The van der Waals surface area contributed by atoms with E-state index in [1.165, 1.54) is 7.11 Å². The van der Waals surface area contributed by atoms with Gasteiger partial charge in [-0.25, -0.2) is 4.79 Å². The second-order valence-corrected chi connectivity index (χ2v) is 16.8. The minimum absolute atomic E-state index is 0.0208. The number of nitrogens with zero attached hydrogens (tertiary/aromatic N) is 1. The van der Waals surface area contributed by atoms with Gasteiger partial charge in [0.2, 0.25) is 0 Å². The zero-order valence-electron chi connectivity index (χ0n) is 22.4. The van der Waals surface area contributed by atoms with Gasteiger partial charge in [-0.2, -0.15) is 5.26 Å². The highest BCUT2D eigenvalue weighted by Gasteiger charge is 2.41. The number of nitriles is 1. The third-order valence-electron chi connectivity index (χ3n) is 8.49. The monoisotopic (exact) mass is 477 g/mol. The van der Waals surface area contributed by atoms with E-state index in [0.717, 1.165) is 32.1 Å². The molecule has 2 fully saturated rings. The van der Waals surface area contributed by atoms with Crippen LogP contribution in [0.5, 0.6) is 0 Å². The molecule has 0 radical (unpaired) electrons. The summed E-state index contributed by atoms with van der Waals surface area (Å²) in [6, 6.07) is 2.46. The lowest BCUT2D eigenvalue weighted by Gasteiger charge is -2.41. The number of carbonyl (C=O) groups excluding carboxylic acids is 1. The third kappa shape index (κ3) is 6.93. The smallest absolute Gasteiger partial charge is 0.336 e. The van der Waals surface area contributed by atoms with Crippen molar-refractivity contribution in [3.05, 3.63) is 11.6 Å².